The van der Waals surface area contributed by atoms with Crippen molar-refractivity contribution in [2.24, 2.45) is 15.7 Å². The van der Waals surface area contributed by atoms with Crippen molar-refractivity contribution in [2.45, 2.75) is 6.42 Å². The Kier molecular flexibility index (Phi) is 1.69. The zero-order valence-electron chi connectivity index (χ0n) is 4.87. The first-order chi connectivity index (χ1) is 4.33. The van der Waals surface area contributed by atoms with Crippen molar-refractivity contribution >= 4 is 18.0 Å². The number of urea groups is 1. The molecule has 0 bridgehead atoms. The lowest BCUT2D eigenvalue weighted by Crippen LogP contribution is -2.06. The van der Waals surface area contributed by atoms with Crippen LogP contribution in [0.2, 0.25) is 0 Å². The number of rotatable bonds is 2. The fourth-order valence-electron chi connectivity index (χ4n) is 0.579. The molecule has 1 aliphatic rings. The normalized spacial score (nSPS) is 16.6. The summed E-state index contributed by atoms with van der Waals surface area (Å²) in [5.41, 5.74) is 5.88. The minimum absolute atomic E-state index is 0.418. The van der Waals surface area contributed by atoms with Crippen LogP contribution in [0.5, 0.6) is 0 Å². The van der Waals surface area contributed by atoms with Gasteiger partial charge in [-0.05, 0) is 6.54 Å². The quantitative estimate of drug-likeness (QED) is 0.563. The van der Waals surface area contributed by atoms with Gasteiger partial charge < -0.3 is 5.73 Å². The lowest BCUT2D eigenvalue weighted by atomic mass is 10.3. The van der Waals surface area contributed by atoms with E-state index >= 15 is 0 Å². The van der Waals surface area contributed by atoms with Gasteiger partial charge in [0.05, 0.1) is 11.9 Å². The number of hydrogen-bond acceptors (Lipinski definition) is 2. The Balaban J connectivity index is 2.53. The summed E-state index contributed by atoms with van der Waals surface area (Å²) >= 11 is 0. The van der Waals surface area contributed by atoms with Crippen molar-refractivity contribution in [2.75, 3.05) is 6.54 Å². The third kappa shape index (κ3) is 1.43. The molecule has 4 heteroatoms. The molecular formula is C5H7N3O. The smallest absolute Gasteiger partial charge is 0.330 e. The summed E-state index contributed by atoms with van der Waals surface area (Å²) in [6.45, 7) is 0.512. The molecule has 1 rings (SSSR count). The van der Waals surface area contributed by atoms with Gasteiger partial charge in [0, 0.05) is 6.42 Å². The molecule has 0 radical (unpaired) electrons. The maximum Gasteiger partial charge on any atom is 0.367 e. The molecule has 2 N–H and O–H groups in total. The lowest BCUT2D eigenvalue weighted by molar-refractivity contribution is 0.257. The predicted octanol–water partition coefficient (Wildman–Crippen LogP) is -0.0194. The highest BCUT2D eigenvalue weighted by atomic mass is 16.2. The van der Waals surface area contributed by atoms with Gasteiger partial charge in [0.25, 0.3) is 0 Å². The molecule has 0 atom stereocenters. The van der Waals surface area contributed by atoms with E-state index in [9.17, 15) is 4.79 Å². The molecular weight excluding hydrogens is 118 g/mol. The Hall–Kier alpha value is -1.03. The highest BCUT2D eigenvalue weighted by Gasteiger charge is 2.05. The summed E-state index contributed by atoms with van der Waals surface area (Å²) in [7, 11) is 0. The van der Waals surface area contributed by atoms with Crippen LogP contribution < -0.4 is 5.73 Å². The van der Waals surface area contributed by atoms with Crippen molar-refractivity contribution in [3.63, 3.8) is 0 Å². The highest BCUT2D eigenvalue weighted by molar-refractivity contribution is 6.37. The van der Waals surface area contributed by atoms with Gasteiger partial charge >= 0.3 is 6.03 Å². The Morgan fingerprint density at radius 2 is 2.44 bits per heavy atom. The number of hydrogen-bond donors (Lipinski definition) is 1. The average molecular weight is 125 g/mol. The van der Waals surface area contributed by atoms with Crippen molar-refractivity contribution in [3.8, 4) is 0 Å². The number of amides is 2. The second-order valence-corrected chi connectivity index (χ2v) is 1.68. The maximum atomic E-state index is 10.3. The van der Waals surface area contributed by atoms with Gasteiger partial charge in [-0.15, -0.1) is 0 Å². The van der Waals surface area contributed by atoms with Crippen LogP contribution in [-0.2, 0) is 0 Å². The third-order valence-corrected chi connectivity index (χ3v) is 0.964. The standard InChI is InChI=1S/C5H7N3O/c6-2-1-4-3-7-5(9)8-4/h3H,1-2,6H2. The Morgan fingerprint density at radius 1 is 1.67 bits per heavy atom. The number of nitrogens with zero attached hydrogens (tertiary/aromatic N) is 2. The first-order valence-corrected chi connectivity index (χ1v) is 2.68. The molecule has 1 heterocycles. The van der Waals surface area contributed by atoms with Gasteiger partial charge in [0.1, 0.15) is 0 Å². The van der Waals surface area contributed by atoms with E-state index in [-0.39, 0.29) is 0 Å². The zero-order chi connectivity index (χ0) is 6.69. The van der Waals surface area contributed by atoms with Crippen molar-refractivity contribution in [1.82, 2.24) is 0 Å². The summed E-state index contributed by atoms with van der Waals surface area (Å²) in [5, 5.41) is 0. The molecule has 0 saturated carbocycles. The van der Waals surface area contributed by atoms with Crippen LogP contribution in [0.15, 0.2) is 9.98 Å². The van der Waals surface area contributed by atoms with E-state index in [1.165, 1.54) is 6.21 Å². The summed E-state index contributed by atoms with van der Waals surface area (Å²) in [4.78, 5) is 17.3. The van der Waals surface area contributed by atoms with E-state index in [1.54, 1.807) is 0 Å². The fourth-order valence-corrected chi connectivity index (χ4v) is 0.579. The topological polar surface area (TPSA) is 67.8 Å². The van der Waals surface area contributed by atoms with Crippen LogP contribution in [0, 0.1) is 0 Å². The molecule has 0 aliphatic carbocycles. The second-order valence-electron chi connectivity index (χ2n) is 1.68. The first-order valence-electron chi connectivity index (χ1n) is 2.68. The molecule has 0 unspecified atom stereocenters. The molecule has 0 fully saturated rings. The van der Waals surface area contributed by atoms with Gasteiger partial charge in [0.2, 0.25) is 0 Å². The number of carbonyl (C=O) groups excluding carboxylic acids is 1. The van der Waals surface area contributed by atoms with Crippen LogP contribution in [0.4, 0.5) is 4.79 Å². The molecule has 0 aromatic heterocycles. The van der Waals surface area contributed by atoms with Crippen LogP contribution in [0.1, 0.15) is 6.42 Å². The molecule has 0 aromatic rings. The van der Waals surface area contributed by atoms with Crippen molar-refractivity contribution in [1.29, 1.82) is 0 Å². The van der Waals surface area contributed by atoms with Crippen LogP contribution >= 0.6 is 0 Å². The molecule has 4 nitrogen and oxygen atoms in total. The minimum atomic E-state index is -0.418. The zero-order valence-corrected chi connectivity index (χ0v) is 4.87. The minimum Gasteiger partial charge on any atom is -0.330 e. The van der Waals surface area contributed by atoms with E-state index in [4.69, 9.17) is 5.73 Å². The van der Waals surface area contributed by atoms with E-state index in [2.05, 4.69) is 9.98 Å². The summed E-state index contributed by atoms with van der Waals surface area (Å²) < 4.78 is 0. The highest BCUT2D eigenvalue weighted by Crippen LogP contribution is 1.94. The molecule has 2 amide bonds. The van der Waals surface area contributed by atoms with Gasteiger partial charge in [-0.1, -0.05) is 0 Å². The average Bonchev–Trinajstić information content (AvgIpc) is 2.17. The third-order valence-electron chi connectivity index (χ3n) is 0.964. The molecule has 0 saturated heterocycles. The monoisotopic (exact) mass is 125 g/mol. The predicted molar refractivity (Wildman–Crippen MR) is 35.0 cm³/mol. The van der Waals surface area contributed by atoms with E-state index < -0.39 is 6.03 Å². The van der Waals surface area contributed by atoms with Crippen molar-refractivity contribution in [3.05, 3.63) is 0 Å². The number of nitrogens with two attached hydrogens (primary N) is 1. The SMILES string of the molecule is NCCC1=NC(=O)N=C1. The molecule has 1 aliphatic heterocycles. The summed E-state index contributed by atoms with van der Waals surface area (Å²) in [6, 6.07) is -0.418. The largest absolute Gasteiger partial charge is 0.367 e. The van der Waals surface area contributed by atoms with Crippen molar-refractivity contribution < 1.29 is 4.79 Å². The lowest BCUT2D eigenvalue weighted by Gasteiger charge is -1.86. The van der Waals surface area contributed by atoms with Gasteiger partial charge in [-0.3, -0.25) is 0 Å². The van der Waals surface area contributed by atoms with E-state index in [0.29, 0.717) is 18.7 Å². The molecule has 9 heavy (non-hydrogen) atoms. The molecule has 0 spiro atoms. The molecule has 0 aromatic carbocycles. The van der Waals surface area contributed by atoms with Gasteiger partial charge in [0.15, 0.2) is 0 Å². The first kappa shape index (κ1) is 6.10. The summed E-state index contributed by atoms with van der Waals surface area (Å²) in [5.74, 6) is 0. The second kappa shape index (κ2) is 2.50. The van der Waals surface area contributed by atoms with Gasteiger partial charge in [-0.2, -0.15) is 9.98 Å². The Labute approximate surface area is 52.5 Å². The Bertz CT molecular complexity index is 183. The van der Waals surface area contributed by atoms with E-state index in [1.807, 2.05) is 0 Å². The number of carbonyl (C=O) groups is 1. The van der Waals surface area contributed by atoms with Gasteiger partial charge in [-0.25, -0.2) is 4.79 Å². The maximum absolute atomic E-state index is 10.3. The summed E-state index contributed by atoms with van der Waals surface area (Å²) in [6.07, 6.45) is 2.09. The number of aliphatic imine (C=N–C) groups is 2. The fraction of sp³-hybridized carbons (Fsp3) is 0.400. The van der Waals surface area contributed by atoms with Crippen LogP contribution in [0.25, 0.3) is 0 Å². The van der Waals surface area contributed by atoms with Crippen LogP contribution in [0.3, 0.4) is 0 Å². The molecule has 48 valence electrons. The van der Waals surface area contributed by atoms with Crippen LogP contribution in [-0.4, -0.2) is 24.5 Å². The Morgan fingerprint density at radius 3 is 2.89 bits per heavy atom. The van der Waals surface area contributed by atoms with E-state index in [0.717, 1.165) is 0 Å².